The standard InChI is InChI=1S/C13H24.C13H12.C12H24.C9H12.4C2H6.CH4/c2*1-3-7-12(8-4-1)11-13-9-5-2-6-10-13;1-6-12(5)8-10(2)7-11(3,4)9-12;1-7-4-5-8(2)9(3)6-7;4*1-2;/h12-13H,1-11H2;1-10H,11H2;10H,6-9H2,1-5H3;4-6H,1-3H3;4*1-2H3;1H4/t;;10-,12?;;;;;;/m..1....../s1. The molecule has 3 aromatic carbocycles. The molecule has 0 nitrogen and oxygen atoms in total. The molecule has 3 aliphatic rings. The minimum absolute atomic E-state index is 0. The van der Waals surface area contributed by atoms with Crippen LogP contribution in [0.15, 0.2) is 78.9 Å². The lowest BCUT2D eigenvalue weighted by atomic mass is 9.60. The van der Waals surface area contributed by atoms with Crippen molar-refractivity contribution in [2.24, 2.45) is 28.6 Å². The van der Waals surface area contributed by atoms with Crippen molar-refractivity contribution in [3.63, 3.8) is 0 Å². The molecule has 0 radical (unpaired) electrons. The molecule has 0 N–H and O–H groups in total. The van der Waals surface area contributed by atoms with Crippen LogP contribution in [-0.4, -0.2) is 0 Å². The number of hydrogen-bond donors (Lipinski definition) is 0. The van der Waals surface area contributed by atoms with E-state index < -0.39 is 0 Å². The molecule has 0 saturated heterocycles. The largest absolute Gasteiger partial charge is 0.0776 e. The Morgan fingerprint density at radius 3 is 1.29 bits per heavy atom. The minimum atomic E-state index is 0. The van der Waals surface area contributed by atoms with Gasteiger partial charge in [-0.25, -0.2) is 0 Å². The second-order valence-electron chi connectivity index (χ2n) is 17.0. The molecule has 0 amide bonds. The molecule has 0 aliphatic heterocycles. The topological polar surface area (TPSA) is 0 Å². The van der Waals surface area contributed by atoms with Crippen molar-refractivity contribution < 1.29 is 0 Å². The maximum Gasteiger partial charge on any atom is -0.00258 e. The van der Waals surface area contributed by atoms with E-state index in [1.54, 1.807) is 32.1 Å². The van der Waals surface area contributed by atoms with E-state index >= 15 is 0 Å². The number of aryl methyl sites for hydroxylation is 3. The molecule has 3 aromatic rings. The highest BCUT2D eigenvalue weighted by Crippen LogP contribution is 2.49. The zero-order valence-corrected chi connectivity index (χ0v) is 40.1. The Hall–Kier alpha value is -2.34. The highest BCUT2D eigenvalue weighted by molar-refractivity contribution is 5.29. The summed E-state index contributed by atoms with van der Waals surface area (Å²) in [6.07, 6.45) is 23.6. The Bertz CT molecular complexity index is 1170. The molecular weight excluding hydrogens is 673 g/mol. The average Bonchev–Trinajstić information content (AvgIpc) is 3.21. The lowest BCUT2D eigenvalue weighted by Gasteiger charge is -2.45. The van der Waals surface area contributed by atoms with Crippen molar-refractivity contribution in [3.05, 3.63) is 107 Å². The Labute approximate surface area is 354 Å². The van der Waals surface area contributed by atoms with E-state index in [0.717, 1.165) is 24.2 Å². The molecule has 0 spiro atoms. The molecule has 324 valence electrons. The van der Waals surface area contributed by atoms with Crippen molar-refractivity contribution in [2.45, 2.75) is 221 Å². The van der Waals surface area contributed by atoms with Gasteiger partial charge in [-0.15, -0.1) is 0 Å². The predicted molar refractivity (Wildman–Crippen MR) is 261 cm³/mol. The zero-order chi connectivity index (χ0) is 42.1. The van der Waals surface area contributed by atoms with Gasteiger partial charge in [0.2, 0.25) is 0 Å². The van der Waals surface area contributed by atoms with Gasteiger partial charge in [0.05, 0.1) is 0 Å². The van der Waals surface area contributed by atoms with Crippen molar-refractivity contribution in [1.82, 2.24) is 0 Å². The van der Waals surface area contributed by atoms with Crippen LogP contribution in [0.5, 0.6) is 0 Å². The van der Waals surface area contributed by atoms with Crippen LogP contribution in [0.3, 0.4) is 0 Å². The number of benzene rings is 3. The molecule has 0 aromatic heterocycles. The summed E-state index contributed by atoms with van der Waals surface area (Å²) in [5.74, 6) is 3.17. The summed E-state index contributed by atoms with van der Waals surface area (Å²) in [6, 6.07) is 27.6. The van der Waals surface area contributed by atoms with Gasteiger partial charge in [0.15, 0.2) is 0 Å². The van der Waals surface area contributed by atoms with Gasteiger partial charge in [-0.2, -0.15) is 0 Å². The zero-order valence-electron chi connectivity index (χ0n) is 40.1. The molecule has 3 aliphatic carbocycles. The Morgan fingerprint density at radius 1 is 0.536 bits per heavy atom. The van der Waals surface area contributed by atoms with Gasteiger partial charge in [0.1, 0.15) is 0 Å². The van der Waals surface area contributed by atoms with E-state index in [1.807, 2.05) is 55.4 Å². The highest BCUT2D eigenvalue weighted by atomic mass is 14.4. The molecule has 56 heavy (non-hydrogen) atoms. The van der Waals surface area contributed by atoms with Crippen LogP contribution in [0.25, 0.3) is 0 Å². The fourth-order valence-electron chi connectivity index (χ4n) is 9.06. The normalized spacial score (nSPS) is 19.5. The van der Waals surface area contributed by atoms with E-state index in [1.165, 1.54) is 92.0 Å². The molecule has 3 saturated carbocycles. The third kappa shape index (κ3) is 27.3. The van der Waals surface area contributed by atoms with Gasteiger partial charge in [0, 0.05) is 0 Å². The number of rotatable bonds is 5. The SMILES string of the molecule is C.C1CCC(CC2CCCCC2)CC1.CC.CC.CC.CC.CCC1(C)C[C@H](C)CC(C)(C)C1.Cc1ccc(C)c(C)c1.c1ccc(Cc2ccccc2)cc1. The first-order valence-corrected chi connectivity index (χ1v) is 23.6. The van der Waals surface area contributed by atoms with E-state index in [-0.39, 0.29) is 7.43 Å². The summed E-state index contributed by atoms with van der Waals surface area (Å²) in [6.45, 7) is 34.5. The molecule has 6 rings (SSSR count). The predicted octanol–water partition coefficient (Wildman–Crippen LogP) is 19.4. The highest BCUT2D eigenvalue weighted by Gasteiger charge is 2.38. The molecule has 2 atom stereocenters. The quantitative estimate of drug-likeness (QED) is 0.242. The van der Waals surface area contributed by atoms with E-state index in [2.05, 4.69) is 134 Å². The molecule has 0 heterocycles. The van der Waals surface area contributed by atoms with Gasteiger partial charge >= 0.3 is 0 Å². The summed E-state index contributed by atoms with van der Waals surface area (Å²) in [5.41, 5.74) is 8.06. The first-order valence-electron chi connectivity index (χ1n) is 23.6. The summed E-state index contributed by atoms with van der Waals surface area (Å²) in [5, 5.41) is 0. The van der Waals surface area contributed by atoms with Crippen LogP contribution in [0.1, 0.15) is 222 Å². The van der Waals surface area contributed by atoms with Gasteiger partial charge in [-0.05, 0) is 104 Å². The first-order chi connectivity index (χ1) is 26.5. The van der Waals surface area contributed by atoms with Gasteiger partial charge in [-0.1, -0.05) is 252 Å². The molecule has 0 bridgehead atoms. The Morgan fingerprint density at radius 2 is 0.946 bits per heavy atom. The summed E-state index contributed by atoms with van der Waals surface area (Å²) < 4.78 is 0. The van der Waals surface area contributed by atoms with E-state index in [9.17, 15) is 0 Å². The second-order valence-corrected chi connectivity index (χ2v) is 17.0. The molecule has 3 fully saturated rings. The van der Waals surface area contributed by atoms with E-state index in [4.69, 9.17) is 0 Å². The third-order valence-corrected chi connectivity index (χ3v) is 11.4. The minimum Gasteiger partial charge on any atom is -0.0776 e. The van der Waals surface area contributed by atoms with Crippen LogP contribution in [0.2, 0.25) is 0 Å². The fourth-order valence-corrected chi connectivity index (χ4v) is 9.06. The van der Waals surface area contributed by atoms with Crippen molar-refractivity contribution in [3.8, 4) is 0 Å². The maximum absolute atomic E-state index is 2.46. The summed E-state index contributed by atoms with van der Waals surface area (Å²) >= 11 is 0. The van der Waals surface area contributed by atoms with E-state index in [0.29, 0.717) is 10.8 Å². The van der Waals surface area contributed by atoms with Crippen molar-refractivity contribution in [2.75, 3.05) is 0 Å². The van der Waals surface area contributed by atoms with Crippen LogP contribution < -0.4 is 0 Å². The smallest absolute Gasteiger partial charge is 0.00258 e. The van der Waals surface area contributed by atoms with Gasteiger partial charge < -0.3 is 0 Å². The monoisotopic (exact) mass is 773 g/mol. The van der Waals surface area contributed by atoms with Crippen LogP contribution in [0, 0.1) is 49.4 Å². The molecular formula is C56H100. The molecule has 1 unspecified atom stereocenters. The first kappa shape index (κ1) is 58.0. The summed E-state index contributed by atoms with van der Waals surface area (Å²) in [7, 11) is 0. The second kappa shape index (κ2) is 35.8. The molecule has 0 heteroatoms. The third-order valence-electron chi connectivity index (χ3n) is 11.4. The van der Waals surface area contributed by atoms with Gasteiger partial charge in [0.25, 0.3) is 0 Å². The van der Waals surface area contributed by atoms with Crippen molar-refractivity contribution in [1.29, 1.82) is 0 Å². The van der Waals surface area contributed by atoms with Crippen LogP contribution >= 0.6 is 0 Å². The fraction of sp³-hybridized carbons (Fsp3) is 0.679. The van der Waals surface area contributed by atoms with Crippen LogP contribution in [0.4, 0.5) is 0 Å². The summed E-state index contributed by atoms with van der Waals surface area (Å²) in [4.78, 5) is 0. The Kier molecular flexibility index (Phi) is 37.1. The van der Waals surface area contributed by atoms with Crippen LogP contribution in [-0.2, 0) is 6.42 Å². The number of hydrogen-bond acceptors (Lipinski definition) is 0. The average molecular weight is 773 g/mol. The lowest BCUT2D eigenvalue weighted by Crippen LogP contribution is -2.34. The van der Waals surface area contributed by atoms with Crippen molar-refractivity contribution >= 4 is 0 Å². The lowest BCUT2D eigenvalue weighted by molar-refractivity contribution is 0.0582. The van der Waals surface area contributed by atoms with Gasteiger partial charge in [-0.3, -0.25) is 0 Å². The Balaban J connectivity index is -0.000000630. The maximum atomic E-state index is 2.46.